The molecule has 0 spiro atoms. The summed E-state index contributed by atoms with van der Waals surface area (Å²) in [5.41, 5.74) is 0. The molecule has 0 aliphatic carbocycles. The van der Waals surface area contributed by atoms with Gasteiger partial charge >= 0.3 is 51.4 Å². The standard InChI is InChI=1S/C36H66O20S2.K.H/c37-57(38,39)33-3-7-43-9-11-45-13-15-47-17-19-49-21-23-51-25-27-53-29-31-55-35-5-1-2-6-36(35)56-32-30-54-28-26-52-24-22-50-20-18-48-16-14-46-12-10-44-8-4-34-58(40,41)42;;/h1-2,5-6H,3-4,7-34H2,(H,37,38,39)(H,40,41,42);;. The van der Waals surface area contributed by atoms with Crippen LogP contribution in [-0.2, 0) is 77.1 Å². The van der Waals surface area contributed by atoms with Gasteiger partial charge in [-0.25, -0.2) is 0 Å². The Balaban J connectivity index is 0.0000336. The van der Waals surface area contributed by atoms with Crippen molar-refractivity contribution < 1.29 is 92.3 Å². The van der Waals surface area contributed by atoms with Gasteiger partial charge in [-0.15, -0.1) is 0 Å². The molecule has 59 heavy (non-hydrogen) atoms. The fraction of sp³-hybridized carbons (Fsp3) is 0.833. The molecule has 1 aromatic rings. The zero-order valence-electron chi connectivity index (χ0n) is 33.6. The normalized spacial score (nSPS) is 11.8. The summed E-state index contributed by atoms with van der Waals surface area (Å²) in [7, 11) is -7.88. The molecule has 1 aromatic carbocycles. The predicted molar refractivity (Wildman–Crippen MR) is 216 cm³/mol. The van der Waals surface area contributed by atoms with Gasteiger partial charge in [-0.1, -0.05) is 12.1 Å². The zero-order valence-corrected chi connectivity index (χ0v) is 35.2. The van der Waals surface area contributed by atoms with Crippen molar-refractivity contribution in [2.24, 2.45) is 0 Å². The van der Waals surface area contributed by atoms with Crippen LogP contribution in [0, 0.1) is 0 Å². The number of para-hydroxylation sites is 2. The fourth-order valence-corrected chi connectivity index (χ4v) is 5.17. The van der Waals surface area contributed by atoms with E-state index in [1.807, 2.05) is 24.3 Å². The van der Waals surface area contributed by atoms with E-state index in [1.54, 1.807) is 0 Å². The summed E-state index contributed by atoms with van der Waals surface area (Å²) < 4.78 is 136. The first kappa shape index (κ1) is 58.8. The first-order valence-electron chi connectivity index (χ1n) is 19.4. The van der Waals surface area contributed by atoms with E-state index >= 15 is 0 Å². The third-order valence-electron chi connectivity index (χ3n) is 6.92. The van der Waals surface area contributed by atoms with Gasteiger partial charge in [0, 0.05) is 13.2 Å². The van der Waals surface area contributed by atoms with Gasteiger partial charge in [-0.2, -0.15) is 16.8 Å². The Kier molecular flexibility index (Phi) is 42.9. The summed E-state index contributed by atoms with van der Waals surface area (Å²) in [6.07, 6.45) is 0.470. The van der Waals surface area contributed by atoms with E-state index in [4.69, 9.17) is 75.4 Å². The van der Waals surface area contributed by atoms with Crippen LogP contribution in [0.25, 0.3) is 0 Å². The molecule has 0 unspecified atom stereocenters. The van der Waals surface area contributed by atoms with E-state index in [0.717, 1.165) is 0 Å². The van der Waals surface area contributed by atoms with Crippen molar-refractivity contribution in [2.75, 3.05) is 183 Å². The second kappa shape index (κ2) is 43.1. The molecule has 23 heteroatoms. The summed E-state index contributed by atoms with van der Waals surface area (Å²) in [4.78, 5) is 0. The molecule has 0 saturated heterocycles. The van der Waals surface area contributed by atoms with Gasteiger partial charge in [0.1, 0.15) is 13.2 Å². The number of hydrogen-bond donors (Lipinski definition) is 2. The van der Waals surface area contributed by atoms with Crippen LogP contribution in [0.15, 0.2) is 24.3 Å². The van der Waals surface area contributed by atoms with E-state index < -0.39 is 20.2 Å². The Morgan fingerprint density at radius 3 is 0.712 bits per heavy atom. The molecule has 0 fully saturated rings. The molecular formula is C36H67KO20S2. The van der Waals surface area contributed by atoms with Gasteiger partial charge in [-0.3, -0.25) is 9.11 Å². The number of benzene rings is 1. The Hall–Kier alpha value is -0.204. The molecule has 0 heterocycles. The molecule has 0 radical (unpaired) electrons. The van der Waals surface area contributed by atoms with Crippen LogP contribution in [0.4, 0.5) is 0 Å². The topological polar surface area (TPSA) is 238 Å². The maximum atomic E-state index is 10.6. The summed E-state index contributed by atoms with van der Waals surface area (Å²) in [5, 5.41) is 0. The van der Waals surface area contributed by atoms with Crippen LogP contribution in [0.1, 0.15) is 12.8 Å². The average Bonchev–Trinajstić information content (AvgIpc) is 3.18. The molecule has 0 atom stereocenters. The Morgan fingerprint density at radius 2 is 0.508 bits per heavy atom. The van der Waals surface area contributed by atoms with Crippen molar-refractivity contribution in [1.29, 1.82) is 0 Å². The van der Waals surface area contributed by atoms with E-state index in [2.05, 4.69) is 0 Å². The van der Waals surface area contributed by atoms with Gasteiger partial charge in [0.15, 0.2) is 11.5 Å². The van der Waals surface area contributed by atoms with Crippen LogP contribution < -0.4 is 9.47 Å². The quantitative estimate of drug-likeness (QED) is 0.0516. The average molecular weight is 923 g/mol. The molecule has 0 bridgehead atoms. The minimum absolute atomic E-state index is 0. The fourth-order valence-electron chi connectivity index (χ4n) is 4.20. The first-order valence-corrected chi connectivity index (χ1v) is 22.6. The second-order valence-electron chi connectivity index (χ2n) is 11.8. The Bertz CT molecular complexity index is 1170. The molecule has 20 nitrogen and oxygen atoms in total. The van der Waals surface area contributed by atoms with Crippen LogP contribution in [0.5, 0.6) is 11.5 Å². The number of hydrogen-bond acceptors (Lipinski definition) is 18. The third-order valence-corrected chi connectivity index (χ3v) is 8.53. The van der Waals surface area contributed by atoms with Crippen LogP contribution in [0.2, 0.25) is 0 Å². The van der Waals surface area contributed by atoms with Crippen LogP contribution in [-0.4, -0.2) is 261 Å². The van der Waals surface area contributed by atoms with Gasteiger partial charge in [0.05, 0.1) is 157 Å². The van der Waals surface area contributed by atoms with Crippen molar-refractivity contribution >= 4 is 71.6 Å². The third kappa shape index (κ3) is 45.6. The van der Waals surface area contributed by atoms with E-state index in [1.165, 1.54) is 0 Å². The van der Waals surface area contributed by atoms with Crippen molar-refractivity contribution in [1.82, 2.24) is 0 Å². The van der Waals surface area contributed by atoms with Crippen molar-refractivity contribution in [3.05, 3.63) is 24.3 Å². The molecule has 344 valence electrons. The van der Waals surface area contributed by atoms with E-state index in [9.17, 15) is 16.8 Å². The molecule has 0 saturated carbocycles. The minimum atomic E-state index is -3.94. The van der Waals surface area contributed by atoms with Crippen molar-refractivity contribution in [3.8, 4) is 11.5 Å². The summed E-state index contributed by atoms with van der Waals surface area (Å²) in [5.74, 6) is 0.606. The van der Waals surface area contributed by atoms with Crippen molar-refractivity contribution in [2.45, 2.75) is 12.8 Å². The second-order valence-corrected chi connectivity index (χ2v) is 14.9. The Morgan fingerprint density at radius 1 is 0.322 bits per heavy atom. The van der Waals surface area contributed by atoms with Gasteiger partial charge in [0.25, 0.3) is 20.2 Å². The van der Waals surface area contributed by atoms with Crippen molar-refractivity contribution in [3.63, 3.8) is 0 Å². The molecule has 1 rings (SSSR count). The van der Waals surface area contributed by atoms with Gasteiger partial charge < -0.3 is 66.3 Å². The predicted octanol–water partition coefficient (Wildman–Crippen LogP) is 0.551. The first-order chi connectivity index (χ1) is 28.2. The SMILES string of the molecule is O=S(=O)(O)CCCOCCOCCOCCOCCOCCOCCOc1ccccc1OCCOCCOCCOCCOCCOCCOCCCS(=O)(=O)O.[KH]. The molecule has 0 aliphatic heterocycles. The summed E-state index contributed by atoms with van der Waals surface area (Å²) in [6, 6.07) is 7.40. The van der Waals surface area contributed by atoms with Crippen LogP contribution in [0.3, 0.4) is 0 Å². The number of rotatable bonds is 46. The van der Waals surface area contributed by atoms with Gasteiger partial charge in [0.2, 0.25) is 0 Å². The van der Waals surface area contributed by atoms with E-state index in [-0.39, 0.29) is 88.9 Å². The monoisotopic (exact) mass is 922 g/mol. The zero-order chi connectivity index (χ0) is 42.1. The van der Waals surface area contributed by atoms with Gasteiger partial charge in [-0.05, 0) is 25.0 Å². The molecular weight excluding hydrogens is 856 g/mol. The maximum absolute atomic E-state index is 10.6. The van der Waals surface area contributed by atoms with E-state index in [0.29, 0.717) is 170 Å². The van der Waals surface area contributed by atoms with Crippen LogP contribution >= 0.6 is 0 Å². The number of ether oxygens (including phenoxy) is 14. The molecule has 2 N–H and O–H groups in total. The molecule has 0 aromatic heterocycles. The molecule has 0 aliphatic rings. The summed E-state index contributed by atoms with van der Waals surface area (Å²) >= 11 is 0. The Labute approximate surface area is 392 Å². The molecule has 0 amide bonds. The summed E-state index contributed by atoms with van der Waals surface area (Å²) in [6.45, 7) is 10.3.